The van der Waals surface area contributed by atoms with E-state index in [4.69, 9.17) is 0 Å². The molecule has 5 atom stereocenters. The van der Waals surface area contributed by atoms with E-state index in [9.17, 15) is 0 Å². The first-order chi connectivity index (χ1) is 16.6. The lowest BCUT2D eigenvalue weighted by atomic mass is 9.75. The third-order valence-corrected chi connectivity index (χ3v) is 15.3. The van der Waals surface area contributed by atoms with Crippen LogP contribution in [0, 0.1) is 17.8 Å². The van der Waals surface area contributed by atoms with E-state index in [1.165, 1.54) is 37.1 Å². The molecule has 2 nitrogen and oxygen atoms in total. The quantitative estimate of drug-likeness (QED) is 0.383. The topological polar surface area (TPSA) is 6.48 Å². The second-order valence-electron chi connectivity index (χ2n) is 15.4. The number of benzene rings is 1. The van der Waals surface area contributed by atoms with Gasteiger partial charge in [-0.15, -0.1) is 0 Å². The summed E-state index contributed by atoms with van der Waals surface area (Å²) in [6.07, 6.45) is 8.33. The van der Waals surface area contributed by atoms with Crippen LogP contribution in [0.3, 0.4) is 0 Å². The van der Waals surface area contributed by atoms with Crippen molar-refractivity contribution in [1.82, 2.24) is 9.47 Å². The minimum Gasteiger partial charge on any atom is -0.314 e. The van der Waals surface area contributed by atoms with Crippen LogP contribution in [0.15, 0.2) is 42.0 Å². The third-order valence-electron chi connectivity index (χ3n) is 10.2. The highest BCUT2D eigenvalue weighted by atomic mass is 28.3. The summed E-state index contributed by atoms with van der Waals surface area (Å²) in [6.45, 7) is 30.3. The Labute approximate surface area is 223 Å². The van der Waals surface area contributed by atoms with Crippen molar-refractivity contribution in [2.45, 2.75) is 116 Å². The number of fused-ring (bicyclic) bond motifs is 4. The molecule has 1 aliphatic heterocycles. The van der Waals surface area contributed by atoms with Gasteiger partial charge in [0.05, 0.1) is 0 Å². The lowest BCUT2D eigenvalue weighted by Gasteiger charge is -2.57. The summed E-state index contributed by atoms with van der Waals surface area (Å²) in [6, 6.07) is 9.91. The van der Waals surface area contributed by atoms with Gasteiger partial charge in [0.1, 0.15) is 8.24 Å². The van der Waals surface area contributed by atoms with E-state index in [1.807, 2.05) is 0 Å². The first kappa shape index (κ1) is 26.4. The zero-order valence-electron chi connectivity index (χ0n) is 25.1. The fraction of sp³-hybridized carbons (Fsp3) is 0.697. The molecule has 198 valence electrons. The third kappa shape index (κ3) is 3.86. The van der Waals surface area contributed by atoms with Gasteiger partial charge in [-0.2, -0.15) is 0 Å². The largest absolute Gasteiger partial charge is 0.314 e. The highest BCUT2D eigenvalue weighted by Crippen LogP contribution is 2.62. The molecule has 0 N–H and O–H groups in total. The molecular formula is C33H52N2Si. The Hall–Kier alpha value is -1.16. The second-order valence-corrected chi connectivity index (χ2v) is 19.9. The van der Waals surface area contributed by atoms with Crippen LogP contribution < -0.4 is 0 Å². The van der Waals surface area contributed by atoms with Gasteiger partial charge < -0.3 is 4.57 Å². The van der Waals surface area contributed by atoms with Crippen molar-refractivity contribution in [2.75, 3.05) is 13.1 Å². The summed E-state index contributed by atoms with van der Waals surface area (Å²) in [5, 5.41) is 0. The minimum absolute atomic E-state index is 0.0973. The Bertz CT molecular complexity index is 1060. The van der Waals surface area contributed by atoms with Crippen molar-refractivity contribution in [2.24, 2.45) is 17.8 Å². The molecule has 0 amide bonds. The molecule has 36 heavy (non-hydrogen) atoms. The van der Waals surface area contributed by atoms with Crippen molar-refractivity contribution in [1.29, 1.82) is 0 Å². The minimum atomic E-state index is -1.87. The van der Waals surface area contributed by atoms with Crippen LogP contribution in [0.4, 0.5) is 0 Å². The molecule has 1 saturated heterocycles. The standard InChI is InChI=1S/C33H52N2Si/c1-22-29(34-18-14-15-19-34)25-21-28-24(23-16-12-13-17-27(23)33(28,8)9)20-26(25)30(22)36(10,11)35(31(2,3)4)32(5,6)7/h12-13,16-17,20-22,25-26,29-30H,14-15,18-19H2,1-11H3. The molecule has 3 aliphatic carbocycles. The zero-order valence-corrected chi connectivity index (χ0v) is 26.1. The van der Waals surface area contributed by atoms with E-state index >= 15 is 0 Å². The Morgan fingerprint density at radius 3 is 2.06 bits per heavy atom. The number of allylic oxidation sites excluding steroid dienone is 3. The van der Waals surface area contributed by atoms with Crippen molar-refractivity contribution in [3.8, 4) is 0 Å². The van der Waals surface area contributed by atoms with Crippen molar-refractivity contribution in [3.63, 3.8) is 0 Å². The Morgan fingerprint density at radius 1 is 0.889 bits per heavy atom. The molecular weight excluding hydrogens is 452 g/mol. The number of hydrogen-bond donors (Lipinski definition) is 0. The molecule has 3 heteroatoms. The normalized spacial score (nSPS) is 32.3. The average molecular weight is 505 g/mol. The molecule has 5 rings (SSSR count). The van der Waals surface area contributed by atoms with Crippen LogP contribution in [-0.4, -0.2) is 47.9 Å². The van der Waals surface area contributed by atoms with Crippen LogP contribution in [0.1, 0.15) is 86.3 Å². The molecule has 4 aliphatic rings. The summed E-state index contributed by atoms with van der Waals surface area (Å²) in [7, 11) is -1.87. The van der Waals surface area contributed by atoms with Gasteiger partial charge in [-0.1, -0.05) is 70.3 Å². The average Bonchev–Trinajstić information content (AvgIpc) is 3.39. The molecule has 1 heterocycles. The monoisotopic (exact) mass is 504 g/mol. The summed E-state index contributed by atoms with van der Waals surface area (Å²) in [5.74, 6) is 1.96. The predicted molar refractivity (Wildman–Crippen MR) is 159 cm³/mol. The second kappa shape index (κ2) is 8.42. The SMILES string of the molecule is CC1C(N2CCCC2)C2C=C3C(=CC2C1[Si](C)(C)N(C(C)(C)C)C(C)(C)C)c1ccccc1C3(C)C. The molecule has 0 bridgehead atoms. The van der Waals surface area contributed by atoms with E-state index < -0.39 is 8.24 Å². The van der Waals surface area contributed by atoms with E-state index in [0.29, 0.717) is 23.8 Å². The van der Waals surface area contributed by atoms with Crippen LogP contribution in [0.25, 0.3) is 5.57 Å². The highest BCUT2D eigenvalue weighted by Gasteiger charge is 2.60. The maximum absolute atomic E-state index is 2.99. The molecule has 2 fully saturated rings. The van der Waals surface area contributed by atoms with Crippen LogP contribution in [-0.2, 0) is 5.41 Å². The molecule has 5 unspecified atom stereocenters. The van der Waals surface area contributed by atoms with E-state index in [2.05, 4.69) is 121 Å². The first-order valence-electron chi connectivity index (χ1n) is 14.7. The Kier molecular flexibility index (Phi) is 6.18. The number of likely N-dealkylation sites (tertiary alicyclic amines) is 1. The van der Waals surface area contributed by atoms with Gasteiger partial charge >= 0.3 is 0 Å². The van der Waals surface area contributed by atoms with Crippen LogP contribution >= 0.6 is 0 Å². The summed E-state index contributed by atoms with van der Waals surface area (Å²) < 4.78 is 2.99. The van der Waals surface area contributed by atoms with Crippen molar-refractivity contribution < 1.29 is 0 Å². The smallest absolute Gasteiger partial charge is 0.127 e. The van der Waals surface area contributed by atoms with E-state index in [0.717, 1.165) is 5.54 Å². The Balaban J connectivity index is 1.68. The maximum Gasteiger partial charge on any atom is 0.127 e. The molecule has 0 radical (unpaired) electrons. The van der Waals surface area contributed by atoms with Crippen molar-refractivity contribution >= 4 is 13.8 Å². The van der Waals surface area contributed by atoms with Crippen LogP contribution in [0.5, 0.6) is 0 Å². The van der Waals surface area contributed by atoms with Gasteiger partial charge in [0.15, 0.2) is 0 Å². The van der Waals surface area contributed by atoms with E-state index in [-0.39, 0.29) is 16.5 Å². The molecule has 1 aromatic rings. The summed E-state index contributed by atoms with van der Waals surface area (Å²) in [5.41, 5.74) is 7.30. The molecule has 0 spiro atoms. The van der Waals surface area contributed by atoms with Gasteiger partial charge in [-0.3, -0.25) is 4.90 Å². The predicted octanol–water partition coefficient (Wildman–Crippen LogP) is 8.12. The van der Waals surface area contributed by atoms with Gasteiger partial charge in [-0.05, 0) is 113 Å². The Morgan fingerprint density at radius 2 is 1.47 bits per heavy atom. The van der Waals surface area contributed by atoms with Gasteiger partial charge in [0, 0.05) is 22.5 Å². The summed E-state index contributed by atoms with van der Waals surface area (Å²) in [4.78, 5) is 2.90. The first-order valence-corrected chi connectivity index (χ1v) is 17.7. The van der Waals surface area contributed by atoms with E-state index in [1.54, 1.807) is 11.1 Å². The molecule has 1 saturated carbocycles. The van der Waals surface area contributed by atoms with Crippen molar-refractivity contribution in [3.05, 3.63) is 53.1 Å². The van der Waals surface area contributed by atoms with Gasteiger partial charge in [0.2, 0.25) is 0 Å². The fourth-order valence-corrected chi connectivity index (χ4v) is 16.7. The lowest BCUT2D eigenvalue weighted by Crippen LogP contribution is -2.67. The van der Waals surface area contributed by atoms with Gasteiger partial charge in [-0.25, -0.2) is 0 Å². The zero-order chi connectivity index (χ0) is 26.4. The molecule has 1 aromatic carbocycles. The lowest BCUT2D eigenvalue weighted by molar-refractivity contribution is 0.119. The summed E-state index contributed by atoms with van der Waals surface area (Å²) >= 11 is 0. The number of nitrogens with zero attached hydrogens (tertiary/aromatic N) is 2. The number of rotatable bonds is 3. The maximum atomic E-state index is 2.99. The van der Waals surface area contributed by atoms with Crippen LogP contribution in [0.2, 0.25) is 18.6 Å². The van der Waals surface area contributed by atoms with Gasteiger partial charge in [0.25, 0.3) is 0 Å². The fourth-order valence-electron chi connectivity index (χ4n) is 10.2. The number of hydrogen-bond acceptors (Lipinski definition) is 2. The molecule has 0 aromatic heterocycles. The highest BCUT2D eigenvalue weighted by molar-refractivity contribution is 6.76.